The molecule has 1 fully saturated rings. The van der Waals surface area contributed by atoms with E-state index < -0.39 is 12.1 Å². The Kier molecular flexibility index (Phi) is 2.65. The van der Waals surface area contributed by atoms with Gasteiger partial charge in [0.2, 0.25) is 0 Å². The van der Waals surface area contributed by atoms with Crippen molar-refractivity contribution in [2.75, 3.05) is 13.6 Å². The summed E-state index contributed by atoms with van der Waals surface area (Å²) in [5.74, 6) is -0.0287. The first-order valence-electron chi connectivity index (χ1n) is 3.77. The lowest BCUT2D eigenvalue weighted by Gasteiger charge is -2.17. The van der Waals surface area contributed by atoms with Crippen LogP contribution in [0.5, 0.6) is 0 Å². The standard InChI is InChI=1S/C7H12N2O3/c1-4(10)6(8-2)5-3-9-7(11)12-5/h5-6,8H,3H2,1-2H3,(H,9,11)/t5-,6?/m0/s1. The zero-order chi connectivity index (χ0) is 9.14. The van der Waals surface area contributed by atoms with Crippen molar-refractivity contribution in [2.24, 2.45) is 0 Å². The lowest BCUT2D eigenvalue weighted by atomic mass is 10.1. The van der Waals surface area contributed by atoms with Crippen LogP contribution in [0.1, 0.15) is 6.92 Å². The van der Waals surface area contributed by atoms with Gasteiger partial charge in [-0.15, -0.1) is 0 Å². The molecule has 1 unspecified atom stereocenters. The van der Waals surface area contributed by atoms with Crippen LogP contribution in [0.2, 0.25) is 0 Å². The van der Waals surface area contributed by atoms with Gasteiger partial charge in [-0.2, -0.15) is 0 Å². The number of nitrogens with one attached hydrogen (secondary N) is 2. The summed E-state index contributed by atoms with van der Waals surface area (Å²) < 4.78 is 4.84. The second-order valence-corrected chi connectivity index (χ2v) is 2.70. The highest BCUT2D eigenvalue weighted by atomic mass is 16.6. The van der Waals surface area contributed by atoms with Gasteiger partial charge in [0.05, 0.1) is 6.54 Å². The molecule has 5 heteroatoms. The van der Waals surface area contributed by atoms with Gasteiger partial charge in [-0.3, -0.25) is 4.79 Å². The van der Waals surface area contributed by atoms with Gasteiger partial charge in [-0.1, -0.05) is 0 Å². The number of carbonyl (C=O) groups is 2. The highest BCUT2D eigenvalue weighted by molar-refractivity contribution is 5.83. The number of hydrogen-bond donors (Lipinski definition) is 2. The van der Waals surface area contributed by atoms with Crippen LogP contribution in [0, 0.1) is 0 Å². The number of alkyl carbamates (subject to hydrolysis) is 1. The second kappa shape index (κ2) is 3.53. The lowest BCUT2D eigenvalue weighted by molar-refractivity contribution is -0.120. The summed E-state index contributed by atoms with van der Waals surface area (Å²) in [5.41, 5.74) is 0. The summed E-state index contributed by atoms with van der Waals surface area (Å²) >= 11 is 0. The number of hydrogen-bond acceptors (Lipinski definition) is 4. The summed E-state index contributed by atoms with van der Waals surface area (Å²) in [7, 11) is 1.66. The molecular weight excluding hydrogens is 160 g/mol. The van der Waals surface area contributed by atoms with E-state index in [9.17, 15) is 9.59 Å². The third-order valence-corrected chi connectivity index (χ3v) is 1.83. The van der Waals surface area contributed by atoms with Gasteiger partial charge in [-0.05, 0) is 14.0 Å². The molecule has 1 aliphatic rings. The molecular formula is C7H12N2O3. The van der Waals surface area contributed by atoms with Gasteiger partial charge in [0.25, 0.3) is 0 Å². The zero-order valence-electron chi connectivity index (χ0n) is 7.09. The third kappa shape index (κ3) is 1.73. The van der Waals surface area contributed by atoms with E-state index in [4.69, 9.17) is 4.74 Å². The minimum atomic E-state index is -0.457. The predicted molar refractivity (Wildman–Crippen MR) is 41.8 cm³/mol. The monoisotopic (exact) mass is 172 g/mol. The number of rotatable bonds is 3. The van der Waals surface area contributed by atoms with Crippen LogP contribution >= 0.6 is 0 Å². The summed E-state index contributed by atoms with van der Waals surface area (Å²) in [6, 6.07) is -0.399. The highest BCUT2D eigenvalue weighted by Crippen LogP contribution is 2.05. The Labute approximate surface area is 70.5 Å². The van der Waals surface area contributed by atoms with Crippen molar-refractivity contribution in [2.45, 2.75) is 19.1 Å². The lowest BCUT2D eigenvalue weighted by Crippen LogP contribution is -2.44. The maximum Gasteiger partial charge on any atom is 0.407 e. The second-order valence-electron chi connectivity index (χ2n) is 2.70. The summed E-state index contributed by atoms with van der Waals surface area (Å²) in [6.07, 6.45) is -0.832. The van der Waals surface area contributed by atoms with E-state index in [1.54, 1.807) is 7.05 Å². The van der Waals surface area contributed by atoms with Gasteiger partial charge in [0, 0.05) is 0 Å². The molecule has 12 heavy (non-hydrogen) atoms. The fraction of sp³-hybridized carbons (Fsp3) is 0.714. The Balaban J connectivity index is 2.55. The quantitative estimate of drug-likeness (QED) is 0.589. The summed E-state index contributed by atoms with van der Waals surface area (Å²) in [4.78, 5) is 21.6. The number of ketones is 1. The molecule has 2 N–H and O–H groups in total. The average Bonchev–Trinajstić information content (AvgIpc) is 2.37. The largest absolute Gasteiger partial charge is 0.442 e. The number of ether oxygens (including phenoxy) is 1. The van der Waals surface area contributed by atoms with Crippen molar-refractivity contribution in [3.8, 4) is 0 Å². The molecule has 0 spiro atoms. The Morgan fingerprint density at radius 3 is 2.83 bits per heavy atom. The maximum absolute atomic E-state index is 11.0. The fourth-order valence-electron chi connectivity index (χ4n) is 1.24. The summed E-state index contributed by atoms with van der Waals surface area (Å²) in [6.45, 7) is 1.86. The van der Waals surface area contributed by atoms with Gasteiger partial charge in [0.15, 0.2) is 5.78 Å². The van der Waals surface area contributed by atoms with Crippen molar-refractivity contribution in [3.05, 3.63) is 0 Å². The van der Waals surface area contributed by atoms with Crippen molar-refractivity contribution in [1.29, 1.82) is 0 Å². The molecule has 5 nitrogen and oxygen atoms in total. The first kappa shape index (κ1) is 8.99. The molecule has 1 rings (SSSR count). The Morgan fingerprint density at radius 2 is 2.50 bits per heavy atom. The van der Waals surface area contributed by atoms with E-state index in [-0.39, 0.29) is 11.9 Å². The molecule has 2 atom stereocenters. The van der Waals surface area contributed by atoms with E-state index >= 15 is 0 Å². The smallest absolute Gasteiger partial charge is 0.407 e. The molecule has 0 aromatic heterocycles. The van der Waals surface area contributed by atoms with E-state index in [1.165, 1.54) is 6.92 Å². The molecule has 0 saturated carbocycles. The van der Waals surface area contributed by atoms with Crippen LogP contribution in [0.3, 0.4) is 0 Å². The minimum Gasteiger partial charge on any atom is -0.442 e. The van der Waals surface area contributed by atoms with Gasteiger partial charge < -0.3 is 15.4 Å². The zero-order valence-corrected chi connectivity index (χ0v) is 7.09. The Hall–Kier alpha value is -1.10. The topological polar surface area (TPSA) is 67.4 Å². The van der Waals surface area contributed by atoms with Crippen LogP contribution in [0.4, 0.5) is 4.79 Å². The Bertz CT molecular complexity index is 205. The van der Waals surface area contributed by atoms with Gasteiger partial charge in [-0.25, -0.2) is 4.79 Å². The van der Waals surface area contributed by atoms with E-state index in [0.29, 0.717) is 6.54 Å². The molecule has 1 aliphatic heterocycles. The third-order valence-electron chi connectivity index (χ3n) is 1.83. The molecule has 0 aromatic rings. The van der Waals surface area contributed by atoms with Crippen LogP contribution in [-0.4, -0.2) is 37.6 Å². The van der Waals surface area contributed by atoms with Crippen LogP contribution in [0.15, 0.2) is 0 Å². The van der Waals surface area contributed by atoms with Crippen molar-refractivity contribution >= 4 is 11.9 Å². The molecule has 0 bridgehead atoms. The summed E-state index contributed by atoms with van der Waals surface area (Å²) in [5, 5.41) is 5.28. The average molecular weight is 172 g/mol. The van der Waals surface area contributed by atoms with Crippen LogP contribution < -0.4 is 10.6 Å². The number of Topliss-reactive ketones (excluding diaryl/α,β-unsaturated/α-hetero) is 1. The highest BCUT2D eigenvalue weighted by Gasteiger charge is 2.32. The molecule has 0 radical (unpaired) electrons. The van der Waals surface area contributed by atoms with Crippen molar-refractivity contribution in [1.82, 2.24) is 10.6 Å². The first-order chi connectivity index (χ1) is 5.65. The van der Waals surface area contributed by atoms with Gasteiger partial charge in [0.1, 0.15) is 12.1 Å². The minimum absolute atomic E-state index is 0.0287. The number of cyclic esters (lactones) is 1. The molecule has 1 heterocycles. The van der Waals surface area contributed by atoms with Crippen molar-refractivity contribution in [3.63, 3.8) is 0 Å². The van der Waals surface area contributed by atoms with E-state index in [2.05, 4.69) is 10.6 Å². The number of likely N-dealkylation sites (N-methyl/N-ethyl adjacent to an activating group) is 1. The normalized spacial score (nSPS) is 24.5. The molecule has 68 valence electrons. The number of carbonyl (C=O) groups excluding carboxylic acids is 2. The Morgan fingerprint density at radius 1 is 1.83 bits per heavy atom. The SMILES string of the molecule is CNC(C(C)=O)[C@@H]1CNC(=O)O1. The molecule has 1 amide bonds. The fourth-order valence-corrected chi connectivity index (χ4v) is 1.24. The first-order valence-corrected chi connectivity index (χ1v) is 3.77. The molecule has 0 aliphatic carbocycles. The van der Waals surface area contributed by atoms with Crippen molar-refractivity contribution < 1.29 is 14.3 Å². The van der Waals surface area contributed by atoms with E-state index in [1.807, 2.05) is 0 Å². The van der Waals surface area contributed by atoms with E-state index in [0.717, 1.165) is 0 Å². The van der Waals surface area contributed by atoms with Gasteiger partial charge >= 0.3 is 6.09 Å². The molecule has 1 saturated heterocycles. The van der Waals surface area contributed by atoms with Crippen LogP contribution in [0.25, 0.3) is 0 Å². The predicted octanol–water partition coefficient (Wildman–Crippen LogP) is -0.728. The number of amides is 1. The molecule has 0 aromatic carbocycles. The maximum atomic E-state index is 11.0. The van der Waals surface area contributed by atoms with Crippen LogP contribution in [-0.2, 0) is 9.53 Å².